The SMILES string of the molecule is [CH2]C(=O)c1ccnc(N2CCCC2=O)c1F. The van der Waals surface area contributed by atoms with Gasteiger partial charge < -0.3 is 0 Å². The summed E-state index contributed by atoms with van der Waals surface area (Å²) in [5, 5.41) is 0. The molecule has 1 radical (unpaired) electrons. The molecule has 83 valence electrons. The first-order valence-corrected chi connectivity index (χ1v) is 4.92. The molecular formula is C11H10FN2O2. The Morgan fingerprint density at radius 1 is 1.56 bits per heavy atom. The molecular weight excluding hydrogens is 211 g/mol. The van der Waals surface area contributed by atoms with Crippen molar-refractivity contribution in [2.75, 3.05) is 11.4 Å². The van der Waals surface area contributed by atoms with Gasteiger partial charge in [0.2, 0.25) is 5.91 Å². The molecule has 0 unspecified atom stereocenters. The van der Waals surface area contributed by atoms with Crippen LogP contribution in [-0.2, 0) is 4.79 Å². The first-order chi connectivity index (χ1) is 7.61. The van der Waals surface area contributed by atoms with Crippen molar-refractivity contribution in [3.05, 3.63) is 30.6 Å². The highest BCUT2D eigenvalue weighted by atomic mass is 19.1. The van der Waals surface area contributed by atoms with E-state index in [4.69, 9.17) is 0 Å². The van der Waals surface area contributed by atoms with Crippen molar-refractivity contribution in [2.24, 2.45) is 0 Å². The number of ketones is 1. The molecule has 2 heterocycles. The van der Waals surface area contributed by atoms with E-state index in [0.29, 0.717) is 19.4 Å². The number of carbonyl (C=O) groups is 2. The summed E-state index contributed by atoms with van der Waals surface area (Å²) in [7, 11) is 0. The van der Waals surface area contributed by atoms with Crippen LogP contribution >= 0.6 is 0 Å². The smallest absolute Gasteiger partial charge is 0.228 e. The van der Waals surface area contributed by atoms with E-state index in [1.165, 1.54) is 17.2 Å². The number of halogens is 1. The van der Waals surface area contributed by atoms with Crippen molar-refractivity contribution in [1.82, 2.24) is 4.98 Å². The standard InChI is InChI=1S/C11H10FN2O2/c1-7(15)8-4-5-13-11(10(8)12)14-6-2-3-9(14)16/h4-5H,1-3,6H2. The van der Waals surface area contributed by atoms with Crippen molar-refractivity contribution >= 4 is 17.5 Å². The fourth-order valence-corrected chi connectivity index (χ4v) is 1.71. The van der Waals surface area contributed by atoms with E-state index >= 15 is 0 Å². The summed E-state index contributed by atoms with van der Waals surface area (Å²) >= 11 is 0. The van der Waals surface area contributed by atoms with Crippen molar-refractivity contribution in [1.29, 1.82) is 0 Å². The zero-order chi connectivity index (χ0) is 11.7. The van der Waals surface area contributed by atoms with Crippen molar-refractivity contribution in [2.45, 2.75) is 12.8 Å². The number of rotatable bonds is 2. The molecule has 0 aliphatic carbocycles. The molecule has 16 heavy (non-hydrogen) atoms. The fraction of sp³-hybridized carbons (Fsp3) is 0.273. The van der Waals surface area contributed by atoms with Crippen molar-refractivity contribution in [3.8, 4) is 0 Å². The lowest BCUT2D eigenvalue weighted by Gasteiger charge is -2.15. The number of nitrogens with zero attached hydrogens (tertiary/aromatic N) is 2. The molecule has 0 N–H and O–H groups in total. The summed E-state index contributed by atoms with van der Waals surface area (Å²) in [6, 6.07) is 1.26. The van der Waals surface area contributed by atoms with Gasteiger partial charge in [0.25, 0.3) is 0 Å². The zero-order valence-corrected chi connectivity index (χ0v) is 8.57. The molecule has 0 bridgehead atoms. The number of amides is 1. The van der Waals surface area contributed by atoms with Gasteiger partial charge in [-0.05, 0) is 12.5 Å². The maximum absolute atomic E-state index is 13.8. The molecule has 1 aliphatic heterocycles. The maximum atomic E-state index is 13.8. The van der Waals surface area contributed by atoms with Crippen LogP contribution in [0.1, 0.15) is 23.2 Å². The van der Waals surface area contributed by atoms with Crippen LogP contribution in [0.2, 0.25) is 0 Å². The van der Waals surface area contributed by atoms with E-state index in [0.717, 1.165) is 0 Å². The average molecular weight is 221 g/mol. The molecule has 1 fully saturated rings. The minimum absolute atomic E-state index is 0.0722. The molecule has 1 aromatic heterocycles. The molecule has 0 spiro atoms. The quantitative estimate of drug-likeness (QED) is 0.708. The second-order valence-corrected chi connectivity index (χ2v) is 3.57. The van der Waals surface area contributed by atoms with Crippen LogP contribution in [0, 0.1) is 12.7 Å². The van der Waals surface area contributed by atoms with Gasteiger partial charge in [-0.1, -0.05) is 0 Å². The Morgan fingerprint density at radius 3 is 2.88 bits per heavy atom. The molecule has 1 saturated heterocycles. The first-order valence-electron chi connectivity index (χ1n) is 4.92. The maximum Gasteiger partial charge on any atom is 0.228 e. The third-order valence-electron chi connectivity index (χ3n) is 2.50. The van der Waals surface area contributed by atoms with Gasteiger partial charge in [-0.25, -0.2) is 9.37 Å². The Balaban J connectivity index is 2.45. The van der Waals surface area contributed by atoms with Gasteiger partial charge in [0.1, 0.15) is 0 Å². The fourth-order valence-electron chi connectivity index (χ4n) is 1.71. The average Bonchev–Trinajstić information content (AvgIpc) is 2.64. The summed E-state index contributed by atoms with van der Waals surface area (Å²) in [6.45, 7) is 3.59. The summed E-state index contributed by atoms with van der Waals surface area (Å²) in [6.07, 6.45) is 2.38. The Morgan fingerprint density at radius 2 is 2.31 bits per heavy atom. The number of hydrogen-bond donors (Lipinski definition) is 0. The summed E-state index contributed by atoms with van der Waals surface area (Å²) in [5.74, 6) is -1.62. The largest absolute Gasteiger partial charge is 0.294 e. The third-order valence-corrected chi connectivity index (χ3v) is 2.50. The van der Waals surface area contributed by atoms with E-state index in [1.54, 1.807) is 0 Å². The molecule has 0 saturated carbocycles. The highest BCUT2D eigenvalue weighted by Crippen LogP contribution is 2.24. The summed E-state index contributed by atoms with van der Waals surface area (Å²) in [4.78, 5) is 27.5. The number of anilines is 1. The van der Waals surface area contributed by atoms with E-state index in [1.807, 2.05) is 0 Å². The van der Waals surface area contributed by atoms with E-state index in [-0.39, 0.29) is 17.3 Å². The molecule has 2 rings (SSSR count). The Bertz CT molecular complexity index is 459. The molecule has 5 heteroatoms. The van der Waals surface area contributed by atoms with Crippen LogP contribution in [0.15, 0.2) is 12.3 Å². The molecule has 0 atom stereocenters. The Kier molecular flexibility index (Phi) is 2.68. The van der Waals surface area contributed by atoms with Gasteiger partial charge in [0.15, 0.2) is 17.4 Å². The monoisotopic (exact) mass is 221 g/mol. The van der Waals surface area contributed by atoms with E-state index in [2.05, 4.69) is 11.9 Å². The summed E-state index contributed by atoms with van der Waals surface area (Å²) < 4.78 is 13.8. The van der Waals surface area contributed by atoms with Crippen LogP contribution in [0.4, 0.5) is 10.2 Å². The van der Waals surface area contributed by atoms with E-state index < -0.39 is 11.6 Å². The van der Waals surface area contributed by atoms with Gasteiger partial charge in [-0.15, -0.1) is 0 Å². The van der Waals surface area contributed by atoms with E-state index in [9.17, 15) is 14.0 Å². The second kappa shape index (κ2) is 4.00. The van der Waals surface area contributed by atoms with Crippen LogP contribution in [0.3, 0.4) is 0 Å². The number of aromatic nitrogens is 1. The molecule has 1 amide bonds. The van der Waals surface area contributed by atoms with Crippen molar-refractivity contribution in [3.63, 3.8) is 0 Å². The predicted octanol–water partition coefficient (Wildman–Crippen LogP) is 1.36. The molecule has 0 aromatic carbocycles. The Labute approximate surface area is 92.1 Å². The molecule has 1 aliphatic rings. The van der Waals surface area contributed by atoms with Crippen LogP contribution in [-0.4, -0.2) is 23.2 Å². The number of pyridine rings is 1. The van der Waals surface area contributed by atoms with Gasteiger partial charge in [0, 0.05) is 26.1 Å². The minimum atomic E-state index is -0.766. The summed E-state index contributed by atoms with van der Waals surface area (Å²) in [5.41, 5.74) is -0.135. The lowest BCUT2D eigenvalue weighted by atomic mass is 10.2. The lowest BCUT2D eigenvalue weighted by Crippen LogP contribution is -2.26. The number of hydrogen-bond acceptors (Lipinski definition) is 3. The topological polar surface area (TPSA) is 50.3 Å². The predicted molar refractivity (Wildman–Crippen MR) is 55.5 cm³/mol. The first kappa shape index (κ1) is 10.7. The number of carbonyl (C=O) groups excluding carboxylic acids is 2. The minimum Gasteiger partial charge on any atom is -0.294 e. The zero-order valence-electron chi connectivity index (χ0n) is 8.57. The van der Waals surface area contributed by atoms with Crippen LogP contribution in [0.5, 0.6) is 0 Å². The van der Waals surface area contributed by atoms with Gasteiger partial charge in [-0.3, -0.25) is 14.5 Å². The molecule has 1 aromatic rings. The van der Waals surface area contributed by atoms with Gasteiger partial charge in [0.05, 0.1) is 5.56 Å². The Hall–Kier alpha value is -1.78. The third kappa shape index (κ3) is 1.68. The highest BCUT2D eigenvalue weighted by Gasteiger charge is 2.27. The highest BCUT2D eigenvalue weighted by molar-refractivity contribution is 6.01. The van der Waals surface area contributed by atoms with Crippen LogP contribution in [0.25, 0.3) is 0 Å². The van der Waals surface area contributed by atoms with Crippen LogP contribution < -0.4 is 4.90 Å². The lowest BCUT2D eigenvalue weighted by molar-refractivity contribution is -0.117. The van der Waals surface area contributed by atoms with Gasteiger partial charge in [-0.2, -0.15) is 0 Å². The van der Waals surface area contributed by atoms with Crippen molar-refractivity contribution < 1.29 is 14.0 Å². The van der Waals surface area contributed by atoms with Gasteiger partial charge >= 0.3 is 0 Å². The normalized spacial score (nSPS) is 15.6. The second-order valence-electron chi connectivity index (χ2n) is 3.57. The molecule has 4 nitrogen and oxygen atoms in total. The number of Topliss-reactive ketones (excluding diaryl/α,β-unsaturated/α-hetero) is 1.